The summed E-state index contributed by atoms with van der Waals surface area (Å²) in [7, 11) is 0. The van der Waals surface area contributed by atoms with Crippen molar-refractivity contribution in [3.8, 4) is 10.6 Å². The maximum absolute atomic E-state index is 11.8. The van der Waals surface area contributed by atoms with Crippen molar-refractivity contribution in [3.05, 3.63) is 29.3 Å². The summed E-state index contributed by atoms with van der Waals surface area (Å²) >= 11 is 1.69. The summed E-state index contributed by atoms with van der Waals surface area (Å²) in [4.78, 5) is 13.0. The minimum atomic E-state index is 0.0258. The Hall–Kier alpha value is -1.62. The lowest BCUT2D eigenvalue weighted by Gasteiger charge is -2.17. The fourth-order valence-corrected chi connectivity index (χ4v) is 2.81. The Balaban J connectivity index is 1.88. The minimum Gasteiger partial charge on any atom is -0.354 e. The van der Waals surface area contributed by atoms with E-state index in [0.29, 0.717) is 19.5 Å². The maximum atomic E-state index is 11.8. The lowest BCUT2D eigenvalue weighted by atomic mass is 9.92. The van der Waals surface area contributed by atoms with E-state index >= 15 is 0 Å². The third-order valence-corrected chi connectivity index (χ3v) is 3.98. The first-order valence-electron chi connectivity index (χ1n) is 7.20. The molecule has 1 amide bonds. The van der Waals surface area contributed by atoms with Gasteiger partial charge in [-0.05, 0) is 29.9 Å². The zero-order valence-electron chi connectivity index (χ0n) is 13.1. The van der Waals surface area contributed by atoms with Gasteiger partial charge in [0.2, 0.25) is 5.91 Å². The first-order chi connectivity index (χ1) is 9.85. The van der Waals surface area contributed by atoms with Gasteiger partial charge < -0.3 is 5.32 Å². The number of amides is 1. The average Bonchev–Trinajstić information content (AvgIpc) is 2.97. The quantitative estimate of drug-likeness (QED) is 0.919. The van der Waals surface area contributed by atoms with Gasteiger partial charge in [-0.1, -0.05) is 26.8 Å². The van der Waals surface area contributed by atoms with Gasteiger partial charge in [0.05, 0.1) is 11.4 Å². The summed E-state index contributed by atoms with van der Waals surface area (Å²) < 4.78 is 1.95. The topological polar surface area (TPSA) is 46.9 Å². The molecule has 114 valence electrons. The molecular weight excluding hydrogens is 282 g/mol. The first kappa shape index (κ1) is 15.8. The van der Waals surface area contributed by atoms with Gasteiger partial charge in [0.15, 0.2) is 0 Å². The van der Waals surface area contributed by atoms with Gasteiger partial charge in [0.25, 0.3) is 0 Å². The molecule has 0 aliphatic carbocycles. The second-order valence-corrected chi connectivity index (χ2v) is 7.41. The second kappa shape index (κ2) is 6.43. The summed E-state index contributed by atoms with van der Waals surface area (Å²) in [6.45, 7) is 9.56. The Morgan fingerprint density at radius 3 is 2.81 bits per heavy atom. The van der Waals surface area contributed by atoms with Crippen LogP contribution in [-0.2, 0) is 11.3 Å². The molecule has 0 spiro atoms. The zero-order valence-corrected chi connectivity index (χ0v) is 14.0. The number of hydrogen-bond acceptors (Lipinski definition) is 3. The van der Waals surface area contributed by atoms with Gasteiger partial charge in [-0.25, -0.2) is 0 Å². The molecule has 2 aromatic heterocycles. The number of hydrogen-bond donors (Lipinski definition) is 1. The largest absolute Gasteiger partial charge is 0.354 e. The van der Waals surface area contributed by atoms with Gasteiger partial charge >= 0.3 is 0 Å². The highest BCUT2D eigenvalue weighted by molar-refractivity contribution is 7.13. The number of aromatic nitrogens is 2. The van der Waals surface area contributed by atoms with Crippen molar-refractivity contribution >= 4 is 17.2 Å². The SMILES string of the molecule is Cc1cc(-c2cccs2)nn1CCNC(=O)CC(C)(C)C. The summed E-state index contributed by atoms with van der Waals surface area (Å²) in [6, 6.07) is 6.19. The van der Waals surface area contributed by atoms with Gasteiger partial charge in [0.1, 0.15) is 5.69 Å². The van der Waals surface area contributed by atoms with Crippen LogP contribution >= 0.6 is 11.3 Å². The lowest BCUT2D eigenvalue weighted by molar-refractivity contribution is -0.122. The molecule has 0 fully saturated rings. The smallest absolute Gasteiger partial charge is 0.220 e. The van der Waals surface area contributed by atoms with E-state index in [-0.39, 0.29) is 11.3 Å². The minimum absolute atomic E-state index is 0.0258. The lowest BCUT2D eigenvalue weighted by Crippen LogP contribution is -2.30. The van der Waals surface area contributed by atoms with E-state index in [0.717, 1.165) is 11.4 Å². The van der Waals surface area contributed by atoms with Gasteiger partial charge in [-0.15, -0.1) is 11.3 Å². The van der Waals surface area contributed by atoms with Crippen molar-refractivity contribution in [3.63, 3.8) is 0 Å². The Morgan fingerprint density at radius 2 is 2.19 bits per heavy atom. The van der Waals surface area contributed by atoms with E-state index in [1.54, 1.807) is 11.3 Å². The average molecular weight is 305 g/mol. The summed E-state index contributed by atoms with van der Waals surface area (Å²) in [5, 5.41) is 9.61. The van der Waals surface area contributed by atoms with E-state index in [1.165, 1.54) is 4.88 Å². The first-order valence-corrected chi connectivity index (χ1v) is 8.08. The fourth-order valence-electron chi connectivity index (χ4n) is 2.13. The van der Waals surface area contributed by atoms with E-state index in [2.05, 4.69) is 48.7 Å². The van der Waals surface area contributed by atoms with Crippen LogP contribution in [0.25, 0.3) is 10.6 Å². The number of aryl methyl sites for hydroxylation is 1. The molecule has 0 radical (unpaired) electrons. The number of carbonyl (C=O) groups is 1. The third-order valence-electron chi connectivity index (χ3n) is 3.09. The third kappa shape index (κ3) is 4.70. The molecule has 0 bridgehead atoms. The predicted octanol–water partition coefficient (Wildman–Crippen LogP) is 3.47. The standard InChI is InChI=1S/C16H23N3OS/c1-12-10-13(14-6-5-9-21-14)18-19(12)8-7-17-15(20)11-16(2,3)4/h5-6,9-10H,7-8,11H2,1-4H3,(H,17,20). The monoisotopic (exact) mass is 305 g/mol. The summed E-state index contributed by atoms with van der Waals surface area (Å²) in [5.41, 5.74) is 2.14. The van der Waals surface area contributed by atoms with Gasteiger partial charge in [-0.3, -0.25) is 9.48 Å². The Labute approximate surface area is 130 Å². The molecule has 5 heteroatoms. The highest BCUT2D eigenvalue weighted by Crippen LogP contribution is 2.23. The van der Waals surface area contributed by atoms with Gasteiger partial charge in [-0.2, -0.15) is 5.10 Å². The zero-order chi connectivity index (χ0) is 15.5. The van der Waals surface area contributed by atoms with E-state index < -0.39 is 0 Å². The van der Waals surface area contributed by atoms with Crippen molar-refractivity contribution in [1.29, 1.82) is 0 Å². The molecule has 0 aromatic carbocycles. The van der Waals surface area contributed by atoms with Gasteiger partial charge in [0, 0.05) is 18.7 Å². The number of carbonyl (C=O) groups excluding carboxylic acids is 1. The number of nitrogens with one attached hydrogen (secondary N) is 1. The molecule has 0 aliphatic rings. The second-order valence-electron chi connectivity index (χ2n) is 6.46. The van der Waals surface area contributed by atoms with Crippen molar-refractivity contribution < 1.29 is 4.79 Å². The van der Waals surface area contributed by atoms with Crippen LogP contribution in [0.4, 0.5) is 0 Å². The van der Waals surface area contributed by atoms with Crippen molar-refractivity contribution in [2.45, 2.75) is 40.7 Å². The normalized spacial score (nSPS) is 11.6. The number of thiophene rings is 1. The van der Waals surface area contributed by atoms with Crippen LogP contribution < -0.4 is 5.32 Å². The molecule has 4 nitrogen and oxygen atoms in total. The molecule has 0 unspecified atom stereocenters. The predicted molar refractivity (Wildman–Crippen MR) is 87.4 cm³/mol. The van der Waals surface area contributed by atoms with E-state index in [1.807, 2.05) is 17.7 Å². The van der Waals surface area contributed by atoms with Crippen molar-refractivity contribution in [2.24, 2.45) is 5.41 Å². The molecule has 1 N–H and O–H groups in total. The summed E-state index contributed by atoms with van der Waals surface area (Å²) in [5.74, 6) is 0.103. The van der Waals surface area contributed by atoms with Crippen LogP contribution in [0.3, 0.4) is 0 Å². The Bertz CT molecular complexity index is 594. The molecule has 21 heavy (non-hydrogen) atoms. The van der Waals surface area contributed by atoms with E-state index in [4.69, 9.17) is 0 Å². The van der Waals surface area contributed by atoms with Crippen LogP contribution in [0.2, 0.25) is 0 Å². The molecule has 0 saturated heterocycles. The van der Waals surface area contributed by atoms with Crippen LogP contribution in [0, 0.1) is 12.3 Å². The molecule has 0 atom stereocenters. The molecule has 2 heterocycles. The maximum Gasteiger partial charge on any atom is 0.220 e. The molecule has 0 saturated carbocycles. The number of nitrogens with zero attached hydrogens (tertiary/aromatic N) is 2. The molecule has 2 aromatic rings. The highest BCUT2D eigenvalue weighted by atomic mass is 32.1. The fraction of sp³-hybridized carbons (Fsp3) is 0.500. The van der Waals surface area contributed by atoms with Crippen molar-refractivity contribution in [1.82, 2.24) is 15.1 Å². The van der Waals surface area contributed by atoms with E-state index in [9.17, 15) is 4.79 Å². The van der Waals surface area contributed by atoms with Crippen LogP contribution in [-0.4, -0.2) is 22.2 Å². The Morgan fingerprint density at radius 1 is 1.43 bits per heavy atom. The molecule has 0 aliphatic heterocycles. The van der Waals surface area contributed by atoms with Crippen LogP contribution in [0.15, 0.2) is 23.6 Å². The highest BCUT2D eigenvalue weighted by Gasteiger charge is 2.15. The molecule has 2 rings (SSSR count). The summed E-state index contributed by atoms with van der Waals surface area (Å²) in [6.07, 6.45) is 0.547. The number of rotatable bonds is 5. The Kier molecular flexibility index (Phi) is 4.83. The van der Waals surface area contributed by atoms with Crippen LogP contribution in [0.5, 0.6) is 0 Å². The van der Waals surface area contributed by atoms with Crippen molar-refractivity contribution in [2.75, 3.05) is 6.54 Å². The van der Waals surface area contributed by atoms with Crippen LogP contribution in [0.1, 0.15) is 32.9 Å². The molecular formula is C16H23N3OS.